The number of benzene rings is 1. The third-order valence-corrected chi connectivity index (χ3v) is 7.13. The molecule has 1 aromatic carbocycles. The Balaban J connectivity index is 1.62. The van der Waals surface area contributed by atoms with Crippen LogP contribution < -0.4 is 0 Å². The summed E-state index contributed by atoms with van der Waals surface area (Å²) in [6.45, 7) is 2.78. The van der Waals surface area contributed by atoms with Crippen LogP contribution in [0.1, 0.15) is 36.4 Å². The second-order valence-electron chi connectivity index (χ2n) is 9.85. The standard InChI is InChI=1S/C26H23ClF6N6O4/c1-10(40)21-22(42-3)19(38-9-13(7-35-38)12-4-15(28)18(30)16(29)5-12)20(41)23(43-21)25-36-11(2)37-39(25)17-6-14(27)8-34-24(17)26(31,32)33/h4-10,19-23,40-41H,1-3H3/t10?,19?,20?,21?,22-,23-/m1/s1. The van der Waals surface area contributed by atoms with Crippen LogP contribution in [0.5, 0.6) is 0 Å². The fourth-order valence-corrected chi connectivity index (χ4v) is 5.20. The summed E-state index contributed by atoms with van der Waals surface area (Å²) in [6, 6.07) is 1.31. The van der Waals surface area contributed by atoms with Gasteiger partial charge in [-0.05, 0) is 37.6 Å². The highest BCUT2D eigenvalue weighted by Gasteiger charge is 2.51. The van der Waals surface area contributed by atoms with Gasteiger partial charge >= 0.3 is 6.18 Å². The van der Waals surface area contributed by atoms with Crippen LogP contribution in [0.25, 0.3) is 16.8 Å². The molecule has 4 aromatic rings. The molecular weight excluding hydrogens is 610 g/mol. The number of aromatic nitrogens is 6. The molecule has 0 spiro atoms. The predicted molar refractivity (Wildman–Crippen MR) is 137 cm³/mol. The number of nitrogens with zero attached hydrogens (tertiary/aromatic N) is 6. The van der Waals surface area contributed by atoms with Crippen molar-refractivity contribution in [1.29, 1.82) is 0 Å². The quantitative estimate of drug-likeness (QED) is 0.238. The van der Waals surface area contributed by atoms with E-state index in [0.29, 0.717) is 0 Å². The lowest BCUT2D eigenvalue weighted by Gasteiger charge is -2.45. The minimum Gasteiger partial charge on any atom is -0.391 e. The number of rotatable bonds is 6. The van der Waals surface area contributed by atoms with Gasteiger partial charge in [-0.1, -0.05) is 11.6 Å². The zero-order valence-electron chi connectivity index (χ0n) is 22.5. The Bertz CT molecular complexity index is 1620. The summed E-state index contributed by atoms with van der Waals surface area (Å²) in [7, 11) is 1.28. The van der Waals surface area contributed by atoms with Gasteiger partial charge in [0.2, 0.25) is 0 Å². The van der Waals surface area contributed by atoms with Gasteiger partial charge in [-0.3, -0.25) is 4.68 Å². The van der Waals surface area contributed by atoms with Crippen molar-refractivity contribution < 1.29 is 46.0 Å². The average Bonchev–Trinajstić information content (AvgIpc) is 3.57. The molecule has 1 aliphatic rings. The number of pyridine rings is 1. The van der Waals surface area contributed by atoms with E-state index in [4.69, 9.17) is 21.1 Å². The van der Waals surface area contributed by atoms with Crippen molar-refractivity contribution in [2.75, 3.05) is 7.11 Å². The molecule has 10 nitrogen and oxygen atoms in total. The molecule has 5 rings (SSSR count). The average molecular weight is 633 g/mol. The van der Waals surface area contributed by atoms with E-state index in [2.05, 4.69) is 20.2 Å². The van der Waals surface area contributed by atoms with Crippen molar-refractivity contribution in [2.45, 2.75) is 56.6 Å². The summed E-state index contributed by atoms with van der Waals surface area (Å²) in [5.74, 6) is -4.77. The normalized spacial score (nSPS) is 23.5. The molecule has 6 atom stereocenters. The van der Waals surface area contributed by atoms with Gasteiger partial charge in [0.1, 0.15) is 36.3 Å². The Hall–Kier alpha value is -3.57. The lowest BCUT2D eigenvalue weighted by atomic mass is 9.89. The summed E-state index contributed by atoms with van der Waals surface area (Å²) >= 11 is 5.98. The van der Waals surface area contributed by atoms with Gasteiger partial charge in [-0.2, -0.15) is 23.4 Å². The lowest BCUT2D eigenvalue weighted by Crippen LogP contribution is -2.56. The van der Waals surface area contributed by atoms with Crippen molar-refractivity contribution in [2.24, 2.45) is 0 Å². The first-order valence-electron chi connectivity index (χ1n) is 12.6. The van der Waals surface area contributed by atoms with E-state index in [-0.39, 0.29) is 27.8 Å². The van der Waals surface area contributed by atoms with E-state index < -0.39 is 71.6 Å². The number of aliphatic hydroxyl groups is 2. The number of hydrogen-bond acceptors (Lipinski definition) is 8. The molecule has 0 radical (unpaired) electrons. The first-order chi connectivity index (χ1) is 20.2. The highest BCUT2D eigenvalue weighted by atomic mass is 35.5. The molecular formula is C26H23ClF6N6O4. The maximum absolute atomic E-state index is 13.9. The van der Waals surface area contributed by atoms with Gasteiger partial charge in [-0.25, -0.2) is 27.8 Å². The van der Waals surface area contributed by atoms with E-state index >= 15 is 0 Å². The molecule has 0 amide bonds. The van der Waals surface area contributed by atoms with E-state index in [0.717, 1.165) is 29.1 Å². The molecule has 2 N–H and O–H groups in total. The van der Waals surface area contributed by atoms with Crippen LogP contribution in [0, 0.1) is 24.4 Å². The highest BCUT2D eigenvalue weighted by molar-refractivity contribution is 6.30. The number of ether oxygens (including phenoxy) is 2. The lowest BCUT2D eigenvalue weighted by molar-refractivity contribution is -0.230. The van der Waals surface area contributed by atoms with Crippen molar-refractivity contribution in [1.82, 2.24) is 29.5 Å². The van der Waals surface area contributed by atoms with Crippen LogP contribution in [-0.2, 0) is 15.7 Å². The van der Waals surface area contributed by atoms with Crippen molar-refractivity contribution in [3.63, 3.8) is 0 Å². The van der Waals surface area contributed by atoms with Crippen molar-refractivity contribution in [3.8, 4) is 16.8 Å². The third kappa shape index (κ3) is 5.72. The summed E-state index contributed by atoms with van der Waals surface area (Å²) in [5.41, 5.74) is -1.85. The van der Waals surface area contributed by atoms with Crippen LogP contribution in [0.3, 0.4) is 0 Å². The van der Waals surface area contributed by atoms with Crippen LogP contribution in [0.2, 0.25) is 5.02 Å². The predicted octanol–water partition coefficient (Wildman–Crippen LogP) is 4.36. The van der Waals surface area contributed by atoms with Crippen molar-refractivity contribution >= 4 is 11.6 Å². The monoisotopic (exact) mass is 632 g/mol. The highest BCUT2D eigenvalue weighted by Crippen LogP contribution is 2.42. The fourth-order valence-electron chi connectivity index (χ4n) is 5.05. The number of aliphatic hydroxyl groups excluding tert-OH is 2. The summed E-state index contributed by atoms with van der Waals surface area (Å²) in [6.07, 6.45) is -8.31. The summed E-state index contributed by atoms with van der Waals surface area (Å²) < 4.78 is 96.6. The van der Waals surface area contributed by atoms with Gasteiger partial charge in [0, 0.05) is 25.1 Å². The van der Waals surface area contributed by atoms with E-state index in [1.54, 1.807) is 0 Å². The third-order valence-electron chi connectivity index (χ3n) is 6.92. The van der Waals surface area contributed by atoms with Crippen LogP contribution in [0.15, 0.2) is 36.8 Å². The van der Waals surface area contributed by atoms with Gasteiger partial charge in [0.15, 0.2) is 29.0 Å². The molecule has 1 saturated heterocycles. The molecule has 43 heavy (non-hydrogen) atoms. The second-order valence-corrected chi connectivity index (χ2v) is 10.3. The van der Waals surface area contributed by atoms with Crippen LogP contribution in [0.4, 0.5) is 26.3 Å². The number of aryl methyl sites for hydroxylation is 1. The Morgan fingerprint density at radius 1 is 1.09 bits per heavy atom. The molecule has 4 unspecified atom stereocenters. The molecule has 3 aromatic heterocycles. The Morgan fingerprint density at radius 2 is 1.77 bits per heavy atom. The van der Waals surface area contributed by atoms with Crippen molar-refractivity contribution in [3.05, 3.63) is 76.6 Å². The molecule has 17 heteroatoms. The van der Waals surface area contributed by atoms with E-state index in [9.17, 15) is 36.6 Å². The SMILES string of the molecule is CO[C@H]1C(C(C)O)O[C@@H](c2nc(C)nn2-c2cc(Cl)cnc2C(F)(F)F)C(O)C1n1cc(-c2cc(F)c(F)c(F)c2)cn1. The smallest absolute Gasteiger partial charge is 0.391 e. The minimum atomic E-state index is -4.92. The summed E-state index contributed by atoms with van der Waals surface area (Å²) in [4.78, 5) is 7.65. The number of hydrogen-bond donors (Lipinski definition) is 2. The first kappa shape index (κ1) is 30.9. The number of alkyl halides is 3. The number of halogens is 7. The Kier molecular flexibility index (Phi) is 8.26. The van der Waals surface area contributed by atoms with Crippen LogP contribution >= 0.6 is 11.6 Å². The van der Waals surface area contributed by atoms with E-state index in [1.165, 1.54) is 38.0 Å². The Labute approximate surface area is 244 Å². The van der Waals surface area contributed by atoms with E-state index in [1.807, 2.05) is 0 Å². The fraction of sp³-hybridized carbons (Fsp3) is 0.385. The molecule has 0 saturated carbocycles. The Morgan fingerprint density at radius 3 is 2.37 bits per heavy atom. The first-order valence-corrected chi connectivity index (χ1v) is 13.0. The van der Waals surface area contributed by atoms with Crippen LogP contribution in [-0.4, -0.2) is 71.3 Å². The molecule has 0 bridgehead atoms. The maximum atomic E-state index is 13.9. The molecule has 1 aliphatic heterocycles. The molecule has 1 fully saturated rings. The second kappa shape index (κ2) is 11.5. The largest absolute Gasteiger partial charge is 0.435 e. The van der Waals surface area contributed by atoms with Gasteiger partial charge in [0.25, 0.3) is 0 Å². The maximum Gasteiger partial charge on any atom is 0.435 e. The topological polar surface area (TPSA) is 120 Å². The van der Waals surface area contributed by atoms with Gasteiger partial charge in [0.05, 0.1) is 23.0 Å². The minimum absolute atomic E-state index is 0.0136. The zero-order chi connectivity index (χ0) is 31.4. The molecule has 0 aliphatic carbocycles. The molecule has 230 valence electrons. The van der Waals surface area contributed by atoms with Gasteiger partial charge < -0.3 is 19.7 Å². The molecule has 4 heterocycles. The number of methoxy groups -OCH3 is 1. The van der Waals surface area contributed by atoms with Gasteiger partial charge in [-0.15, -0.1) is 0 Å². The zero-order valence-corrected chi connectivity index (χ0v) is 23.2. The summed E-state index contributed by atoms with van der Waals surface area (Å²) in [5, 5.41) is 30.4.